The van der Waals surface area contributed by atoms with Gasteiger partial charge in [0.25, 0.3) is 0 Å². The van der Waals surface area contributed by atoms with Gasteiger partial charge in [0, 0.05) is 25.2 Å². The van der Waals surface area contributed by atoms with Gasteiger partial charge in [-0.05, 0) is 45.8 Å². The molecular formula is C19H30O4. The number of ether oxygens (including phenoxy) is 2. The molecule has 3 atom stereocenters. The predicted octanol–water partition coefficient (Wildman–Crippen LogP) is 3.99. The quantitative estimate of drug-likeness (QED) is 0.436. The lowest BCUT2D eigenvalue weighted by molar-refractivity contribution is -0.163. The number of hydrogen-bond donors (Lipinski definition) is 0. The molecule has 4 nitrogen and oxygen atoms in total. The van der Waals surface area contributed by atoms with E-state index in [9.17, 15) is 9.59 Å². The molecule has 4 heteroatoms. The molecule has 1 saturated carbocycles. The number of allylic oxidation sites excluding steroid dienone is 2. The Bertz CT molecular complexity index is 498. The van der Waals surface area contributed by atoms with Crippen molar-refractivity contribution in [3.63, 3.8) is 0 Å². The Morgan fingerprint density at radius 1 is 1.39 bits per heavy atom. The summed E-state index contributed by atoms with van der Waals surface area (Å²) in [6.45, 7) is 15.3. The molecule has 0 aromatic heterocycles. The van der Waals surface area contributed by atoms with E-state index < -0.39 is 0 Å². The maximum absolute atomic E-state index is 12.1. The highest BCUT2D eigenvalue weighted by atomic mass is 16.5. The van der Waals surface area contributed by atoms with E-state index >= 15 is 0 Å². The summed E-state index contributed by atoms with van der Waals surface area (Å²) in [6, 6.07) is 0. The Morgan fingerprint density at radius 2 is 2.00 bits per heavy atom. The second-order valence-corrected chi connectivity index (χ2v) is 7.68. The SMILES string of the molecule is C=C1C[C@](C)(CC(=O)/C=C/C)[C@@H](OC(C)(C)C)C[C@@H]1OC(C)=O. The number of ketones is 1. The highest BCUT2D eigenvalue weighted by molar-refractivity contribution is 5.90. The minimum absolute atomic E-state index is 0.0799. The monoisotopic (exact) mass is 322 g/mol. The molecule has 1 aliphatic carbocycles. The summed E-state index contributed by atoms with van der Waals surface area (Å²) in [4.78, 5) is 23.4. The molecule has 0 aliphatic heterocycles. The molecule has 0 heterocycles. The third kappa shape index (κ3) is 5.94. The van der Waals surface area contributed by atoms with Crippen molar-refractivity contribution in [2.75, 3.05) is 0 Å². The first kappa shape index (κ1) is 19.6. The zero-order valence-electron chi connectivity index (χ0n) is 15.3. The molecule has 23 heavy (non-hydrogen) atoms. The van der Waals surface area contributed by atoms with E-state index in [0.29, 0.717) is 19.3 Å². The van der Waals surface area contributed by atoms with Crippen LogP contribution < -0.4 is 0 Å². The molecule has 1 rings (SSSR count). The van der Waals surface area contributed by atoms with Crippen molar-refractivity contribution in [1.29, 1.82) is 0 Å². The fraction of sp³-hybridized carbons (Fsp3) is 0.684. The Balaban J connectivity index is 3.03. The second kappa shape index (κ2) is 7.43. The van der Waals surface area contributed by atoms with E-state index in [4.69, 9.17) is 9.47 Å². The molecule has 0 unspecified atom stereocenters. The van der Waals surface area contributed by atoms with E-state index in [-0.39, 0.29) is 35.0 Å². The molecule has 1 fully saturated rings. The molecule has 0 spiro atoms. The van der Waals surface area contributed by atoms with Crippen LogP contribution in [0, 0.1) is 5.41 Å². The van der Waals surface area contributed by atoms with Gasteiger partial charge in [-0.1, -0.05) is 19.6 Å². The van der Waals surface area contributed by atoms with Gasteiger partial charge in [0.05, 0.1) is 11.7 Å². The number of carbonyl (C=O) groups excluding carboxylic acids is 2. The van der Waals surface area contributed by atoms with Gasteiger partial charge in [-0.3, -0.25) is 9.59 Å². The third-order valence-corrected chi connectivity index (χ3v) is 4.03. The van der Waals surface area contributed by atoms with Crippen LogP contribution in [0.5, 0.6) is 0 Å². The van der Waals surface area contributed by atoms with Gasteiger partial charge in [0.1, 0.15) is 6.10 Å². The standard InChI is InChI=1S/C19H30O4/c1-8-9-15(21)12-19(7)11-13(2)16(22-14(3)20)10-17(19)23-18(4,5)6/h8-9,16-17H,2,10-12H2,1,3-7H3/b9-8+/t16-,17-,19+/m0/s1. The molecule has 0 radical (unpaired) electrons. The van der Waals surface area contributed by atoms with Gasteiger partial charge >= 0.3 is 5.97 Å². The van der Waals surface area contributed by atoms with Crippen LogP contribution >= 0.6 is 0 Å². The lowest BCUT2D eigenvalue weighted by Gasteiger charge is -2.46. The molecular weight excluding hydrogens is 292 g/mol. The summed E-state index contributed by atoms with van der Waals surface area (Å²) in [7, 11) is 0. The maximum Gasteiger partial charge on any atom is 0.303 e. The molecule has 0 bridgehead atoms. The average molecular weight is 322 g/mol. The summed E-state index contributed by atoms with van der Waals surface area (Å²) in [5.74, 6) is -0.240. The minimum atomic E-state index is -0.350. The van der Waals surface area contributed by atoms with Crippen molar-refractivity contribution in [2.45, 2.75) is 78.6 Å². The van der Waals surface area contributed by atoms with Crippen LogP contribution in [0.3, 0.4) is 0 Å². The molecule has 130 valence electrons. The molecule has 0 saturated heterocycles. The van der Waals surface area contributed by atoms with Crippen LogP contribution in [0.25, 0.3) is 0 Å². The topological polar surface area (TPSA) is 52.6 Å². The third-order valence-electron chi connectivity index (χ3n) is 4.03. The Morgan fingerprint density at radius 3 is 2.48 bits per heavy atom. The fourth-order valence-corrected chi connectivity index (χ4v) is 3.16. The lowest BCUT2D eigenvalue weighted by Crippen LogP contribution is -2.48. The number of esters is 1. The smallest absolute Gasteiger partial charge is 0.303 e. The molecule has 0 amide bonds. The molecule has 0 N–H and O–H groups in total. The van der Waals surface area contributed by atoms with Gasteiger partial charge in [-0.25, -0.2) is 0 Å². The normalized spacial score (nSPS) is 28.9. The van der Waals surface area contributed by atoms with Gasteiger partial charge in [0.2, 0.25) is 0 Å². The van der Waals surface area contributed by atoms with E-state index in [0.717, 1.165) is 5.57 Å². The maximum atomic E-state index is 12.1. The Hall–Kier alpha value is -1.42. The van der Waals surface area contributed by atoms with E-state index in [1.54, 1.807) is 12.2 Å². The second-order valence-electron chi connectivity index (χ2n) is 7.68. The van der Waals surface area contributed by atoms with Gasteiger partial charge in [-0.15, -0.1) is 0 Å². The largest absolute Gasteiger partial charge is 0.458 e. The van der Waals surface area contributed by atoms with E-state index in [1.165, 1.54) is 6.92 Å². The van der Waals surface area contributed by atoms with Crippen LogP contribution in [0.2, 0.25) is 0 Å². The summed E-state index contributed by atoms with van der Waals surface area (Å²) in [6.07, 6.45) is 4.37. The predicted molar refractivity (Wildman–Crippen MR) is 91.1 cm³/mol. The van der Waals surface area contributed by atoms with Crippen molar-refractivity contribution in [3.05, 3.63) is 24.3 Å². The van der Waals surface area contributed by atoms with E-state index in [2.05, 4.69) is 13.5 Å². The van der Waals surface area contributed by atoms with Crippen LogP contribution in [0.1, 0.15) is 60.8 Å². The van der Waals surface area contributed by atoms with Crippen LogP contribution in [-0.2, 0) is 19.1 Å². The van der Waals surface area contributed by atoms with Gasteiger partial charge in [-0.2, -0.15) is 0 Å². The van der Waals surface area contributed by atoms with Gasteiger partial charge in [0.15, 0.2) is 5.78 Å². The van der Waals surface area contributed by atoms with E-state index in [1.807, 2.05) is 27.7 Å². The summed E-state index contributed by atoms with van der Waals surface area (Å²) < 4.78 is 11.6. The van der Waals surface area contributed by atoms with Gasteiger partial charge < -0.3 is 9.47 Å². The van der Waals surface area contributed by atoms with Crippen LogP contribution in [0.4, 0.5) is 0 Å². The number of rotatable bonds is 5. The summed E-state index contributed by atoms with van der Waals surface area (Å²) >= 11 is 0. The Labute approximate surface area is 139 Å². The molecule has 0 aromatic rings. The first-order valence-electron chi connectivity index (χ1n) is 8.15. The molecule has 1 aliphatic rings. The highest BCUT2D eigenvalue weighted by Gasteiger charge is 2.45. The highest BCUT2D eigenvalue weighted by Crippen LogP contribution is 2.45. The Kier molecular flexibility index (Phi) is 6.34. The summed E-state index contributed by atoms with van der Waals surface area (Å²) in [5.41, 5.74) is 0.164. The number of hydrogen-bond acceptors (Lipinski definition) is 4. The van der Waals surface area contributed by atoms with Crippen molar-refractivity contribution >= 4 is 11.8 Å². The zero-order valence-corrected chi connectivity index (χ0v) is 15.3. The zero-order chi connectivity index (χ0) is 17.8. The summed E-state index contributed by atoms with van der Waals surface area (Å²) in [5, 5.41) is 0. The first-order valence-corrected chi connectivity index (χ1v) is 8.15. The van der Waals surface area contributed by atoms with Crippen molar-refractivity contribution in [1.82, 2.24) is 0 Å². The van der Waals surface area contributed by atoms with Crippen molar-refractivity contribution < 1.29 is 19.1 Å². The minimum Gasteiger partial charge on any atom is -0.458 e. The fourth-order valence-electron chi connectivity index (χ4n) is 3.16. The lowest BCUT2D eigenvalue weighted by atomic mass is 9.67. The van der Waals surface area contributed by atoms with Crippen molar-refractivity contribution in [3.8, 4) is 0 Å². The average Bonchev–Trinajstić information content (AvgIpc) is 2.33. The molecule has 0 aromatic carbocycles. The number of carbonyl (C=O) groups is 2. The van der Waals surface area contributed by atoms with Crippen molar-refractivity contribution in [2.24, 2.45) is 5.41 Å². The van der Waals surface area contributed by atoms with Crippen LogP contribution in [0.15, 0.2) is 24.3 Å². The van der Waals surface area contributed by atoms with Crippen LogP contribution in [-0.4, -0.2) is 29.6 Å². The first-order chi connectivity index (χ1) is 10.5.